The lowest BCUT2D eigenvalue weighted by molar-refractivity contribution is 0.0113. The highest BCUT2D eigenvalue weighted by atomic mass is 19.1. The molecule has 1 heterocycles. The number of piperazine rings is 1. The van der Waals surface area contributed by atoms with Gasteiger partial charge in [0.05, 0.1) is 5.60 Å². The molecule has 0 amide bonds. The number of hydrogen-bond acceptors (Lipinski definition) is 4. The average molecular weight is 295 g/mol. The molecule has 3 N–H and O–H groups in total. The van der Waals surface area contributed by atoms with Crippen molar-refractivity contribution in [2.45, 2.75) is 25.5 Å². The molecule has 1 aliphatic heterocycles. The van der Waals surface area contributed by atoms with Gasteiger partial charge in [0.15, 0.2) is 0 Å². The maximum atomic E-state index is 13.0. The van der Waals surface area contributed by atoms with E-state index >= 15 is 0 Å². The predicted octanol–water partition coefficient (Wildman–Crippen LogP) is 1.21. The first-order valence-corrected chi connectivity index (χ1v) is 7.53. The third kappa shape index (κ3) is 4.74. The molecule has 0 spiro atoms. The van der Waals surface area contributed by atoms with Crippen LogP contribution in [0.25, 0.3) is 0 Å². The zero-order valence-corrected chi connectivity index (χ0v) is 12.9. The zero-order valence-electron chi connectivity index (χ0n) is 12.9. The number of nitrogens with zero attached hydrogens (tertiary/aromatic N) is 2. The Labute approximate surface area is 126 Å². The Morgan fingerprint density at radius 3 is 2.24 bits per heavy atom. The Bertz CT molecular complexity index is 436. The monoisotopic (exact) mass is 295 g/mol. The van der Waals surface area contributed by atoms with Crippen LogP contribution < -0.4 is 5.73 Å². The van der Waals surface area contributed by atoms with E-state index in [0.717, 1.165) is 31.7 Å². The van der Waals surface area contributed by atoms with Gasteiger partial charge in [0.25, 0.3) is 0 Å². The fraction of sp³-hybridized carbons (Fsp3) is 0.625. The molecule has 0 radical (unpaired) electrons. The third-order valence-corrected chi connectivity index (χ3v) is 3.94. The molecular formula is C16H26FN3O. The summed E-state index contributed by atoms with van der Waals surface area (Å²) < 4.78 is 13.0. The molecular weight excluding hydrogens is 269 g/mol. The van der Waals surface area contributed by atoms with Crippen LogP contribution in [0.3, 0.4) is 0 Å². The molecule has 2 rings (SSSR count). The van der Waals surface area contributed by atoms with Crippen LogP contribution in [0.5, 0.6) is 0 Å². The van der Waals surface area contributed by atoms with Crippen LogP contribution in [0, 0.1) is 5.82 Å². The lowest BCUT2D eigenvalue weighted by Crippen LogP contribution is -2.52. The summed E-state index contributed by atoms with van der Waals surface area (Å²) in [6.07, 6.45) is 0. The molecule has 1 aromatic carbocycles. The van der Waals surface area contributed by atoms with Crippen molar-refractivity contribution in [3.63, 3.8) is 0 Å². The van der Waals surface area contributed by atoms with Crippen LogP contribution in [-0.4, -0.2) is 59.8 Å². The maximum Gasteiger partial charge on any atom is 0.123 e. The van der Waals surface area contributed by atoms with E-state index in [0.29, 0.717) is 13.1 Å². The van der Waals surface area contributed by atoms with Gasteiger partial charge in [-0.05, 0) is 31.5 Å². The van der Waals surface area contributed by atoms with Gasteiger partial charge in [-0.25, -0.2) is 4.39 Å². The van der Waals surface area contributed by atoms with Crippen LogP contribution >= 0.6 is 0 Å². The molecule has 1 fully saturated rings. The van der Waals surface area contributed by atoms with Crippen molar-refractivity contribution in [2.75, 3.05) is 39.3 Å². The van der Waals surface area contributed by atoms with Crippen molar-refractivity contribution in [1.82, 2.24) is 9.80 Å². The van der Waals surface area contributed by atoms with Crippen molar-refractivity contribution in [2.24, 2.45) is 5.73 Å². The van der Waals surface area contributed by atoms with Gasteiger partial charge in [-0.1, -0.05) is 12.1 Å². The minimum absolute atomic E-state index is 0.134. The summed E-state index contributed by atoms with van der Waals surface area (Å²) in [5.41, 5.74) is 6.33. The summed E-state index contributed by atoms with van der Waals surface area (Å²) in [5, 5.41) is 9.88. The van der Waals surface area contributed by atoms with Gasteiger partial charge in [0, 0.05) is 45.3 Å². The minimum atomic E-state index is -0.660. The molecule has 1 atom stereocenters. The van der Waals surface area contributed by atoms with Gasteiger partial charge in [0.1, 0.15) is 5.82 Å². The standard InChI is InChI=1S/C16H26FN3O/c1-16(2,21)12-19-7-9-20(10-8-19)15(11-18)13-3-5-14(17)6-4-13/h3-6,15,21H,7-12,18H2,1-2H3. The van der Waals surface area contributed by atoms with Crippen LogP contribution in [0.4, 0.5) is 4.39 Å². The summed E-state index contributed by atoms with van der Waals surface area (Å²) in [5.74, 6) is -0.218. The molecule has 0 aromatic heterocycles. The Kier molecular flexibility index (Phi) is 5.32. The molecule has 21 heavy (non-hydrogen) atoms. The van der Waals surface area contributed by atoms with Crippen molar-refractivity contribution >= 4 is 0 Å². The largest absolute Gasteiger partial charge is 0.389 e. The average Bonchev–Trinajstić information content (AvgIpc) is 2.42. The second-order valence-electron chi connectivity index (χ2n) is 6.43. The second-order valence-corrected chi connectivity index (χ2v) is 6.43. The van der Waals surface area contributed by atoms with Gasteiger partial charge in [-0.15, -0.1) is 0 Å². The molecule has 5 heteroatoms. The Morgan fingerprint density at radius 2 is 1.76 bits per heavy atom. The number of aliphatic hydroxyl groups is 1. The molecule has 1 unspecified atom stereocenters. The number of rotatable bonds is 5. The van der Waals surface area contributed by atoms with Gasteiger partial charge >= 0.3 is 0 Å². The lowest BCUT2D eigenvalue weighted by atomic mass is 10.0. The second kappa shape index (κ2) is 6.83. The Hall–Kier alpha value is -1.01. The number of β-amino-alcohol motifs (C(OH)–C–C–N with tert-alkyl or cyclic N) is 1. The van der Waals surface area contributed by atoms with Gasteiger partial charge < -0.3 is 10.8 Å². The number of nitrogens with two attached hydrogens (primary N) is 1. The summed E-state index contributed by atoms with van der Waals surface area (Å²) in [6.45, 7) is 8.54. The lowest BCUT2D eigenvalue weighted by Gasteiger charge is -2.40. The van der Waals surface area contributed by atoms with Gasteiger partial charge in [-0.2, -0.15) is 0 Å². The molecule has 1 aromatic rings. The topological polar surface area (TPSA) is 52.7 Å². The van der Waals surface area contributed by atoms with E-state index in [9.17, 15) is 9.50 Å². The first kappa shape index (κ1) is 16.4. The van der Waals surface area contributed by atoms with E-state index in [2.05, 4.69) is 9.80 Å². The van der Waals surface area contributed by atoms with E-state index < -0.39 is 5.60 Å². The molecule has 1 saturated heterocycles. The van der Waals surface area contributed by atoms with Crippen molar-refractivity contribution < 1.29 is 9.50 Å². The smallest absolute Gasteiger partial charge is 0.123 e. The third-order valence-electron chi connectivity index (χ3n) is 3.94. The number of hydrogen-bond donors (Lipinski definition) is 2. The number of halogens is 1. The first-order valence-electron chi connectivity index (χ1n) is 7.53. The fourth-order valence-corrected chi connectivity index (χ4v) is 2.96. The van der Waals surface area contributed by atoms with Crippen molar-refractivity contribution in [3.8, 4) is 0 Å². The quantitative estimate of drug-likeness (QED) is 0.857. The van der Waals surface area contributed by atoms with Crippen LogP contribution in [0.1, 0.15) is 25.5 Å². The highest BCUT2D eigenvalue weighted by Crippen LogP contribution is 2.22. The highest BCUT2D eigenvalue weighted by molar-refractivity contribution is 5.20. The summed E-state index contributed by atoms with van der Waals surface area (Å²) in [4.78, 5) is 4.61. The molecule has 0 aliphatic carbocycles. The minimum Gasteiger partial charge on any atom is -0.389 e. The van der Waals surface area contributed by atoms with E-state index in [-0.39, 0.29) is 11.9 Å². The normalized spacial score (nSPS) is 19.7. The molecule has 4 nitrogen and oxygen atoms in total. The Morgan fingerprint density at radius 1 is 1.19 bits per heavy atom. The number of benzene rings is 1. The van der Waals surface area contributed by atoms with Gasteiger partial charge in [-0.3, -0.25) is 9.80 Å². The van der Waals surface area contributed by atoms with E-state index in [1.165, 1.54) is 12.1 Å². The van der Waals surface area contributed by atoms with Crippen LogP contribution in [-0.2, 0) is 0 Å². The van der Waals surface area contributed by atoms with E-state index in [1.807, 2.05) is 26.0 Å². The molecule has 1 aliphatic rings. The first-order chi connectivity index (χ1) is 9.89. The predicted molar refractivity (Wildman–Crippen MR) is 82.5 cm³/mol. The molecule has 118 valence electrons. The Balaban J connectivity index is 1.95. The summed E-state index contributed by atoms with van der Waals surface area (Å²) >= 11 is 0. The maximum absolute atomic E-state index is 13.0. The molecule has 0 bridgehead atoms. The van der Waals surface area contributed by atoms with Crippen LogP contribution in [0.2, 0.25) is 0 Å². The summed E-state index contributed by atoms with van der Waals surface area (Å²) in [6, 6.07) is 6.74. The van der Waals surface area contributed by atoms with Crippen molar-refractivity contribution in [3.05, 3.63) is 35.6 Å². The van der Waals surface area contributed by atoms with Crippen LogP contribution in [0.15, 0.2) is 24.3 Å². The van der Waals surface area contributed by atoms with Crippen molar-refractivity contribution in [1.29, 1.82) is 0 Å². The zero-order chi connectivity index (χ0) is 15.5. The van der Waals surface area contributed by atoms with Gasteiger partial charge in [0.2, 0.25) is 0 Å². The summed E-state index contributed by atoms with van der Waals surface area (Å²) in [7, 11) is 0. The highest BCUT2D eigenvalue weighted by Gasteiger charge is 2.26. The molecule has 0 saturated carbocycles. The van der Waals surface area contributed by atoms with E-state index in [1.54, 1.807) is 0 Å². The fourth-order valence-electron chi connectivity index (χ4n) is 2.96. The SMILES string of the molecule is CC(C)(O)CN1CCN(C(CN)c2ccc(F)cc2)CC1. The van der Waals surface area contributed by atoms with E-state index in [4.69, 9.17) is 5.73 Å².